The highest BCUT2D eigenvalue weighted by Gasteiger charge is 2.53. The summed E-state index contributed by atoms with van der Waals surface area (Å²) >= 11 is 0. The van der Waals surface area contributed by atoms with Gasteiger partial charge in [0.05, 0.1) is 115 Å². The fourth-order valence-corrected chi connectivity index (χ4v) is 11.8. The van der Waals surface area contributed by atoms with Gasteiger partial charge in [-0.15, -0.1) is 8.78 Å². The minimum atomic E-state index is -3.81. The second kappa shape index (κ2) is 27.5. The molecule has 1 saturated carbocycles. The molecule has 6 heterocycles. The van der Waals surface area contributed by atoms with Crippen LogP contribution >= 0.6 is 0 Å². The van der Waals surface area contributed by atoms with Gasteiger partial charge in [-0.25, -0.2) is 9.37 Å². The number of carbonyl (C=O) groups excluding carboxylic acids is 3. The van der Waals surface area contributed by atoms with E-state index in [0.29, 0.717) is 108 Å². The van der Waals surface area contributed by atoms with Gasteiger partial charge in [0, 0.05) is 67.0 Å². The van der Waals surface area contributed by atoms with Gasteiger partial charge in [0.2, 0.25) is 11.8 Å². The first-order chi connectivity index (χ1) is 44.2. The van der Waals surface area contributed by atoms with Crippen molar-refractivity contribution in [2.75, 3.05) is 51.4 Å². The van der Waals surface area contributed by atoms with Crippen molar-refractivity contribution >= 4 is 45.2 Å². The van der Waals surface area contributed by atoms with Crippen molar-refractivity contribution in [3.05, 3.63) is 171 Å². The highest BCUT2D eigenvalue weighted by Crippen LogP contribution is 2.52. The molecule has 0 unspecified atom stereocenters. The molecular weight excluding hydrogens is 1190 g/mol. The Kier molecular flexibility index (Phi) is 19.3. The summed E-state index contributed by atoms with van der Waals surface area (Å²) < 4.78 is 69.2. The second-order valence-corrected chi connectivity index (χ2v) is 24.7. The monoisotopic (exact) mass is 1260 g/mol. The van der Waals surface area contributed by atoms with Crippen LogP contribution in [0, 0.1) is 17.7 Å². The predicted octanol–water partition coefficient (Wildman–Crippen LogP) is 7.88. The summed E-state index contributed by atoms with van der Waals surface area (Å²) in [5.74, 6) is 4.19. The van der Waals surface area contributed by atoms with Crippen LogP contribution in [0.5, 0.6) is 11.5 Å². The molecule has 4 aromatic carbocycles. The lowest BCUT2D eigenvalue weighted by Crippen LogP contribution is -2.49. The maximum Gasteiger partial charge on any atom is 0.586 e. The maximum absolute atomic E-state index is 15.9. The number of amides is 3. The Hall–Kier alpha value is -8.99. The van der Waals surface area contributed by atoms with Crippen LogP contribution < -0.4 is 25.7 Å². The molecule has 2 fully saturated rings. The van der Waals surface area contributed by atoms with Crippen LogP contribution in [0.25, 0.3) is 21.8 Å². The van der Waals surface area contributed by atoms with Crippen LogP contribution in [0.2, 0.25) is 0 Å². The second-order valence-electron chi connectivity index (χ2n) is 24.7. The number of piperidine rings is 1. The van der Waals surface area contributed by atoms with Gasteiger partial charge < -0.3 is 54.4 Å². The molecule has 5 N–H and O–H groups in total. The van der Waals surface area contributed by atoms with Gasteiger partial charge in [0.1, 0.15) is 5.82 Å². The lowest BCUT2D eigenvalue weighted by molar-refractivity contribution is -0.286. The Labute approximate surface area is 528 Å². The molecule has 4 aromatic heterocycles. The molecule has 1 saturated heterocycles. The standard InChI is InChI=1S/C68H73F3N10O11/c1-44(46-12-6-4-7-13-46)29-61(84)78-25-22-66(88,23-26-78)41-79-43-73-55-30-45(14-18-53(55)63(79)86)11-10-24-72-62(85)48-35-74-80(36-48)37-50-16-17-51(77-76-50)40-89-27-8-5-9-28-90-42-65(2,3)60-32-47-31-56(54(69)34-57(47)81(60)38-52(83)39-82)75-64(87)67(20-21-67)49-15-19-58-59(33-49)92-68(70,71)91-58/h4,6-7,12-19,30-36,43-44,52,82-83,88H,5,8-9,20-29,37-42H2,1-3H3,(H,72,85)(H,75,87)/t44-,52+/m1/s1. The molecule has 482 valence electrons. The average Bonchev–Trinajstić information content (AvgIpc) is 1.58. The van der Waals surface area contributed by atoms with E-state index in [1.165, 1.54) is 47.4 Å². The summed E-state index contributed by atoms with van der Waals surface area (Å²) in [5, 5.41) is 51.2. The summed E-state index contributed by atoms with van der Waals surface area (Å²) in [6.45, 7) is 8.14. The molecule has 3 amide bonds. The van der Waals surface area contributed by atoms with Crippen molar-refractivity contribution in [1.29, 1.82) is 0 Å². The fourth-order valence-electron chi connectivity index (χ4n) is 11.8. The number of benzene rings is 4. The Morgan fingerprint density at radius 2 is 1.63 bits per heavy atom. The maximum atomic E-state index is 15.9. The van der Waals surface area contributed by atoms with Crippen LogP contribution in [0.4, 0.5) is 18.9 Å². The SMILES string of the molecule is C[C@H](CC(=O)N1CCC(O)(Cn2cnc3cc(C#CCNC(=O)c4cnn(Cc5ccc(COCCCCCOCC(C)(C)c6cc7cc(NC(=O)C8(c9ccc%10c(c9)OC(F)(F)O%10)CC8)c(F)cc7n6C[C@H](O)CO)nn5)c4)ccc3c2=O)CC1)c1ccccc1. The van der Waals surface area contributed by atoms with Gasteiger partial charge in [0.15, 0.2) is 11.5 Å². The Morgan fingerprint density at radius 1 is 0.880 bits per heavy atom. The first-order valence-corrected chi connectivity index (χ1v) is 30.8. The Balaban J connectivity index is 0.576. The molecule has 0 radical (unpaired) electrons. The molecule has 11 rings (SSSR count). The van der Waals surface area contributed by atoms with Gasteiger partial charge in [-0.05, 0) is 117 Å². The van der Waals surface area contributed by atoms with Crippen LogP contribution in [-0.2, 0) is 56.1 Å². The van der Waals surface area contributed by atoms with Crippen LogP contribution in [-0.4, -0.2) is 136 Å². The zero-order chi connectivity index (χ0) is 64.8. The predicted molar refractivity (Wildman–Crippen MR) is 333 cm³/mol. The first kappa shape index (κ1) is 64.5. The van der Waals surface area contributed by atoms with Gasteiger partial charge in [-0.1, -0.05) is 69.0 Å². The topological polar surface area (TPSA) is 260 Å². The fraction of sp³-hybridized carbons (Fsp3) is 0.412. The largest absolute Gasteiger partial charge is 0.586 e. The van der Waals surface area contributed by atoms with Crippen LogP contribution in [0.3, 0.4) is 0 Å². The van der Waals surface area contributed by atoms with E-state index >= 15 is 4.39 Å². The zero-order valence-electron chi connectivity index (χ0n) is 51.4. The normalized spacial score (nSPS) is 16.0. The molecule has 1 aliphatic carbocycles. The van der Waals surface area contributed by atoms with Crippen LogP contribution in [0.15, 0.2) is 121 Å². The highest BCUT2D eigenvalue weighted by atomic mass is 19.3. The number of ether oxygens (including phenoxy) is 4. The number of rotatable bonds is 26. The van der Waals surface area contributed by atoms with E-state index in [1.807, 2.05) is 69.3 Å². The van der Waals surface area contributed by atoms with Gasteiger partial charge in [0.25, 0.3) is 11.5 Å². The number of aromatic nitrogens is 7. The minimum Gasteiger partial charge on any atom is -0.395 e. The van der Waals surface area contributed by atoms with Crippen molar-refractivity contribution < 1.29 is 61.8 Å². The number of alkyl halides is 2. The van der Waals surface area contributed by atoms with E-state index in [4.69, 9.17) is 9.47 Å². The van der Waals surface area contributed by atoms with Crippen molar-refractivity contribution in [2.45, 2.75) is 133 Å². The van der Waals surface area contributed by atoms with Gasteiger partial charge >= 0.3 is 6.29 Å². The number of nitrogens with zero attached hydrogens (tertiary/aromatic N) is 8. The number of anilines is 1. The highest BCUT2D eigenvalue weighted by molar-refractivity contribution is 6.03. The van der Waals surface area contributed by atoms with Gasteiger partial charge in [-0.3, -0.25) is 28.4 Å². The third-order valence-corrected chi connectivity index (χ3v) is 17.2. The van der Waals surface area contributed by atoms with E-state index in [2.05, 4.69) is 52.2 Å². The molecule has 3 aliphatic rings. The molecule has 24 heteroatoms. The van der Waals surface area contributed by atoms with Crippen molar-refractivity contribution in [1.82, 2.24) is 44.3 Å². The van der Waals surface area contributed by atoms with Crippen LogP contribution in [0.1, 0.15) is 122 Å². The van der Waals surface area contributed by atoms with E-state index in [0.717, 1.165) is 30.5 Å². The molecule has 92 heavy (non-hydrogen) atoms. The van der Waals surface area contributed by atoms with E-state index in [1.54, 1.807) is 38.5 Å². The number of unbranched alkanes of at least 4 members (excludes halogenated alkanes) is 2. The Morgan fingerprint density at radius 3 is 2.38 bits per heavy atom. The number of hydrogen-bond acceptors (Lipinski definition) is 15. The summed E-state index contributed by atoms with van der Waals surface area (Å²) in [5.41, 5.74) is 2.18. The molecule has 2 aliphatic heterocycles. The molecule has 0 bridgehead atoms. The zero-order valence-corrected chi connectivity index (χ0v) is 51.4. The number of aliphatic hydroxyl groups is 3. The third-order valence-electron chi connectivity index (χ3n) is 17.2. The number of aliphatic hydroxyl groups excluding tert-OH is 2. The first-order valence-electron chi connectivity index (χ1n) is 30.8. The van der Waals surface area contributed by atoms with Gasteiger partial charge in [-0.2, -0.15) is 15.3 Å². The molecule has 2 atom stereocenters. The quantitative estimate of drug-likeness (QED) is 0.0255. The summed E-state index contributed by atoms with van der Waals surface area (Å²) in [6.07, 6.45) is 3.83. The minimum absolute atomic E-state index is 0.0238. The smallest absolute Gasteiger partial charge is 0.395 e. The van der Waals surface area contributed by atoms with Crippen molar-refractivity contribution in [3.63, 3.8) is 0 Å². The van der Waals surface area contributed by atoms with Crippen molar-refractivity contribution in [2.24, 2.45) is 0 Å². The average molecular weight is 1260 g/mol. The molecule has 8 aromatic rings. The summed E-state index contributed by atoms with van der Waals surface area (Å²) in [6, 6.07) is 27.5. The molecular formula is C68H73F3N10O11. The lowest BCUT2D eigenvalue weighted by atomic mass is 9.90. The number of halogens is 3. The number of carbonyl (C=O) groups is 3. The number of likely N-dealkylation sites (tertiary alicyclic amines) is 1. The molecule has 21 nitrogen and oxygen atoms in total. The number of fused-ring (bicyclic) bond motifs is 3. The third kappa shape index (κ3) is 15.2. The summed E-state index contributed by atoms with van der Waals surface area (Å²) in [7, 11) is 0. The lowest BCUT2D eigenvalue weighted by Gasteiger charge is -2.38. The Bertz CT molecular complexity index is 4110. The van der Waals surface area contributed by atoms with E-state index in [-0.39, 0.29) is 79.9 Å². The number of hydrogen-bond donors (Lipinski definition) is 5. The summed E-state index contributed by atoms with van der Waals surface area (Å²) in [4.78, 5) is 59.6. The van der Waals surface area contributed by atoms with E-state index in [9.17, 15) is 43.3 Å². The molecule has 0 spiro atoms. The van der Waals surface area contributed by atoms with Crippen molar-refractivity contribution in [3.8, 4) is 23.3 Å². The number of nitrogens with one attached hydrogen (secondary N) is 2. The van der Waals surface area contributed by atoms with E-state index < -0.39 is 47.2 Å².